The lowest BCUT2D eigenvalue weighted by Gasteiger charge is -2.17. The number of hydrogen-bond donors (Lipinski definition) is 2. The van der Waals surface area contributed by atoms with Gasteiger partial charge in [-0.15, -0.1) is 0 Å². The van der Waals surface area contributed by atoms with Gasteiger partial charge >= 0.3 is 5.97 Å². The number of amides is 2. The summed E-state index contributed by atoms with van der Waals surface area (Å²) in [7, 11) is 2.75. The van der Waals surface area contributed by atoms with Crippen LogP contribution in [0.2, 0.25) is 5.02 Å². The largest absolute Gasteiger partial charge is 0.497 e. The molecule has 0 spiro atoms. The zero-order chi connectivity index (χ0) is 25.2. The number of nitrogens with one attached hydrogen (secondary N) is 2. The van der Waals surface area contributed by atoms with Gasteiger partial charge in [0.25, 0.3) is 5.91 Å². The third-order valence-corrected chi connectivity index (χ3v) is 5.10. The van der Waals surface area contributed by atoms with E-state index in [-0.39, 0.29) is 18.5 Å². The van der Waals surface area contributed by atoms with Gasteiger partial charge in [0.15, 0.2) is 0 Å². The highest BCUT2D eigenvalue weighted by Crippen LogP contribution is 2.32. The van der Waals surface area contributed by atoms with E-state index in [2.05, 4.69) is 25.3 Å². The second-order valence-corrected chi connectivity index (χ2v) is 7.60. The Kier molecular flexibility index (Phi) is 8.96. The molecule has 1 heterocycles. The van der Waals surface area contributed by atoms with Crippen molar-refractivity contribution in [2.24, 2.45) is 0 Å². The Labute approximate surface area is 206 Å². The Bertz CT molecular complexity index is 1170. The molecule has 0 bridgehead atoms. The Hall–Kier alpha value is -4.18. The van der Waals surface area contributed by atoms with E-state index < -0.39 is 23.8 Å². The van der Waals surface area contributed by atoms with E-state index in [9.17, 15) is 14.4 Å². The van der Waals surface area contributed by atoms with Gasteiger partial charge in [-0.1, -0.05) is 23.7 Å². The summed E-state index contributed by atoms with van der Waals surface area (Å²) in [5.74, 6) is -0.147. The number of hydrogen-bond acceptors (Lipinski definition) is 8. The molecule has 0 aliphatic carbocycles. The normalized spacial score (nSPS) is 11.2. The van der Waals surface area contributed by atoms with Crippen LogP contribution in [0, 0.1) is 0 Å². The molecule has 1 unspecified atom stereocenters. The Morgan fingerprint density at radius 1 is 1.00 bits per heavy atom. The van der Waals surface area contributed by atoms with Crippen LogP contribution in [-0.2, 0) is 20.9 Å². The number of halogens is 1. The van der Waals surface area contributed by atoms with Gasteiger partial charge in [0.2, 0.25) is 5.91 Å². The number of esters is 1. The number of methoxy groups -OCH3 is 2. The van der Waals surface area contributed by atoms with Crippen molar-refractivity contribution in [2.75, 3.05) is 14.2 Å². The van der Waals surface area contributed by atoms with Gasteiger partial charge in [-0.25, -0.2) is 9.97 Å². The lowest BCUT2D eigenvalue weighted by molar-refractivity contribution is -0.143. The topological polar surface area (TPSA) is 129 Å². The van der Waals surface area contributed by atoms with Crippen LogP contribution in [0.5, 0.6) is 17.2 Å². The fourth-order valence-corrected chi connectivity index (χ4v) is 3.13. The minimum absolute atomic E-state index is 0.155. The monoisotopic (exact) mass is 498 g/mol. The van der Waals surface area contributed by atoms with Crippen LogP contribution in [0.25, 0.3) is 0 Å². The zero-order valence-electron chi connectivity index (χ0n) is 19.0. The van der Waals surface area contributed by atoms with Crippen molar-refractivity contribution in [1.29, 1.82) is 0 Å². The molecule has 3 aromatic rings. The SMILES string of the molecule is COC(=O)CC(NC(=O)c1cncnc1)C(=O)NCc1ccc(Oc2ccc(OC)cc2Cl)cc1. The molecule has 0 fully saturated rings. The standard InChI is InChI=1S/C24H23ClN4O6/c1-33-18-7-8-21(19(25)9-18)35-17-5-3-15(4-6-17)11-28-24(32)20(10-22(30)34-2)29-23(31)16-12-26-14-27-13-16/h3-9,12-14,20H,10-11H2,1-2H3,(H,28,32)(H,29,31). The van der Waals surface area contributed by atoms with E-state index in [0.29, 0.717) is 22.3 Å². The molecular weight excluding hydrogens is 476 g/mol. The average Bonchev–Trinajstić information content (AvgIpc) is 2.89. The minimum Gasteiger partial charge on any atom is -0.497 e. The lowest BCUT2D eigenvalue weighted by Crippen LogP contribution is -2.47. The maximum absolute atomic E-state index is 12.7. The molecule has 1 aromatic heterocycles. The van der Waals surface area contributed by atoms with Gasteiger partial charge in [0.1, 0.15) is 29.6 Å². The second kappa shape index (κ2) is 12.3. The van der Waals surface area contributed by atoms with Gasteiger partial charge in [0, 0.05) is 25.0 Å². The highest BCUT2D eigenvalue weighted by atomic mass is 35.5. The molecule has 2 N–H and O–H groups in total. The minimum atomic E-state index is -1.14. The average molecular weight is 499 g/mol. The predicted molar refractivity (Wildman–Crippen MR) is 126 cm³/mol. The van der Waals surface area contributed by atoms with Crippen molar-refractivity contribution in [3.8, 4) is 17.2 Å². The summed E-state index contributed by atoms with van der Waals surface area (Å²) < 4.78 is 15.5. The van der Waals surface area contributed by atoms with Crippen molar-refractivity contribution in [3.63, 3.8) is 0 Å². The summed E-state index contributed by atoms with van der Waals surface area (Å²) in [5, 5.41) is 5.62. The Morgan fingerprint density at radius 2 is 1.69 bits per heavy atom. The first-order valence-corrected chi connectivity index (χ1v) is 10.8. The molecule has 0 saturated carbocycles. The number of carbonyl (C=O) groups is 3. The van der Waals surface area contributed by atoms with Gasteiger partial charge in [-0.2, -0.15) is 0 Å². The highest BCUT2D eigenvalue weighted by Gasteiger charge is 2.25. The number of aromatic nitrogens is 2. The van der Waals surface area contributed by atoms with E-state index in [0.717, 1.165) is 5.56 Å². The van der Waals surface area contributed by atoms with Crippen molar-refractivity contribution in [1.82, 2.24) is 20.6 Å². The van der Waals surface area contributed by atoms with Crippen LogP contribution in [-0.4, -0.2) is 48.0 Å². The molecule has 10 nitrogen and oxygen atoms in total. The zero-order valence-corrected chi connectivity index (χ0v) is 19.7. The van der Waals surface area contributed by atoms with Crippen molar-refractivity contribution in [2.45, 2.75) is 19.0 Å². The molecule has 182 valence electrons. The number of nitrogens with zero attached hydrogens (tertiary/aromatic N) is 2. The van der Waals surface area contributed by atoms with Crippen LogP contribution < -0.4 is 20.1 Å². The van der Waals surface area contributed by atoms with Crippen molar-refractivity contribution in [3.05, 3.63) is 77.3 Å². The molecule has 3 rings (SSSR count). The molecule has 35 heavy (non-hydrogen) atoms. The number of benzene rings is 2. The maximum Gasteiger partial charge on any atom is 0.308 e. The van der Waals surface area contributed by atoms with E-state index in [1.165, 1.54) is 25.8 Å². The number of rotatable bonds is 10. The third-order valence-electron chi connectivity index (χ3n) is 4.80. The number of carbonyl (C=O) groups excluding carboxylic acids is 3. The summed E-state index contributed by atoms with van der Waals surface area (Å²) in [6.45, 7) is 0.157. The Morgan fingerprint density at radius 3 is 2.31 bits per heavy atom. The van der Waals surface area contributed by atoms with Crippen LogP contribution >= 0.6 is 11.6 Å². The molecule has 11 heteroatoms. The van der Waals surface area contributed by atoms with Gasteiger partial charge in [0.05, 0.1) is 31.2 Å². The lowest BCUT2D eigenvalue weighted by atomic mass is 10.1. The summed E-state index contributed by atoms with van der Waals surface area (Å²) in [5.41, 5.74) is 0.925. The predicted octanol–water partition coefficient (Wildman–Crippen LogP) is 2.91. The van der Waals surface area contributed by atoms with Crippen molar-refractivity contribution < 1.29 is 28.6 Å². The first-order valence-electron chi connectivity index (χ1n) is 10.4. The Balaban J connectivity index is 1.60. The molecule has 2 amide bonds. The van der Waals surface area contributed by atoms with Crippen LogP contribution in [0.15, 0.2) is 61.2 Å². The maximum atomic E-state index is 12.7. The fraction of sp³-hybridized carbons (Fsp3) is 0.208. The molecular formula is C24H23ClN4O6. The smallest absolute Gasteiger partial charge is 0.308 e. The first-order chi connectivity index (χ1) is 16.9. The molecule has 1 atom stereocenters. The van der Waals surface area contributed by atoms with E-state index in [1.807, 2.05) is 0 Å². The summed E-state index contributed by atoms with van der Waals surface area (Å²) >= 11 is 6.20. The van der Waals surface area contributed by atoms with Gasteiger partial charge in [-0.3, -0.25) is 14.4 Å². The molecule has 0 aliphatic heterocycles. The molecule has 0 radical (unpaired) electrons. The van der Waals surface area contributed by atoms with Crippen molar-refractivity contribution >= 4 is 29.4 Å². The summed E-state index contributed by atoms with van der Waals surface area (Å²) in [6.07, 6.45) is 3.55. The van der Waals surface area contributed by atoms with E-state index in [1.54, 1.807) is 49.6 Å². The van der Waals surface area contributed by atoms with Crippen LogP contribution in [0.4, 0.5) is 0 Å². The molecule has 0 saturated heterocycles. The van der Waals surface area contributed by atoms with Crippen LogP contribution in [0.1, 0.15) is 22.3 Å². The number of ether oxygens (including phenoxy) is 3. The van der Waals surface area contributed by atoms with Gasteiger partial charge < -0.3 is 24.8 Å². The third kappa shape index (κ3) is 7.41. The van der Waals surface area contributed by atoms with E-state index >= 15 is 0 Å². The van der Waals surface area contributed by atoms with E-state index in [4.69, 9.17) is 21.1 Å². The highest BCUT2D eigenvalue weighted by molar-refractivity contribution is 6.32. The second-order valence-electron chi connectivity index (χ2n) is 7.19. The molecule has 2 aromatic carbocycles. The molecule has 0 aliphatic rings. The fourth-order valence-electron chi connectivity index (χ4n) is 2.92. The quantitative estimate of drug-likeness (QED) is 0.408. The van der Waals surface area contributed by atoms with Crippen LogP contribution in [0.3, 0.4) is 0 Å². The summed E-state index contributed by atoms with van der Waals surface area (Å²) in [6, 6.07) is 10.9. The van der Waals surface area contributed by atoms with Gasteiger partial charge in [-0.05, 0) is 29.8 Å². The summed E-state index contributed by atoms with van der Waals surface area (Å²) in [4.78, 5) is 44.4. The first kappa shape index (κ1) is 25.4.